The van der Waals surface area contributed by atoms with Gasteiger partial charge in [-0.05, 0) is 24.3 Å². The summed E-state index contributed by atoms with van der Waals surface area (Å²) in [5.74, 6) is 0.799. The largest absolute Gasteiger partial charge is 0.480 e. The number of nitrogens with one attached hydrogen (secondary N) is 1. The summed E-state index contributed by atoms with van der Waals surface area (Å²) >= 11 is 3.66. The van der Waals surface area contributed by atoms with Gasteiger partial charge >= 0.3 is 5.97 Å². The van der Waals surface area contributed by atoms with Crippen LogP contribution >= 0.6 is 23.5 Å². The van der Waals surface area contributed by atoms with Crippen LogP contribution in [0, 0.1) is 0 Å². The van der Waals surface area contributed by atoms with Crippen LogP contribution in [0.25, 0.3) is 0 Å². The molecule has 0 bridgehead atoms. The van der Waals surface area contributed by atoms with Gasteiger partial charge in [0, 0.05) is 6.92 Å². The second-order valence-electron chi connectivity index (χ2n) is 3.51. The lowest BCUT2D eigenvalue weighted by Gasteiger charge is -2.18. The van der Waals surface area contributed by atoms with E-state index < -0.39 is 12.0 Å². The van der Waals surface area contributed by atoms with Crippen LogP contribution in [0.15, 0.2) is 0 Å². The highest BCUT2D eigenvalue weighted by molar-refractivity contribution is 8.16. The van der Waals surface area contributed by atoms with Crippen molar-refractivity contribution in [2.45, 2.75) is 44.2 Å². The maximum atomic E-state index is 10.9. The first-order valence-corrected chi connectivity index (χ1v) is 7.84. The number of carbonyl (C=O) groups excluding carboxylic acids is 1. The predicted molar refractivity (Wildman–Crippen MR) is 74.5 cm³/mol. The van der Waals surface area contributed by atoms with E-state index in [9.17, 15) is 9.59 Å². The van der Waals surface area contributed by atoms with Gasteiger partial charge in [-0.15, -0.1) is 23.5 Å². The van der Waals surface area contributed by atoms with Crippen molar-refractivity contribution in [2.75, 3.05) is 11.5 Å². The van der Waals surface area contributed by atoms with Gasteiger partial charge in [-0.2, -0.15) is 0 Å². The van der Waals surface area contributed by atoms with Gasteiger partial charge in [0.1, 0.15) is 6.04 Å². The Hall–Kier alpha value is -0.360. The third-order valence-electron chi connectivity index (χ3n) is 2.07. The fourth-order valence-electron chi connectivity index (χ4n) is 1.39. The highest BCUT2D eigenvalue weighted by Gasteiger charge is 2.20. The van der Waals surface area contributed by atoms with Crippen LogP contribution in [0.2, 0.25) is 0 Å². The first kappa shape index (κ1) is 16.6. The van der Waals surface area contributed by atoms with Gasteiger partial charge < -0.3 is 10.4 Å². The van der Waals surface area contributed by atoms with E-state index in [4.69, 9.17) is 5.11 Å². The van der Waals surface area contributed by atoms with Crippen molar-refractivity contribution < 1.29 is 14.7 Å². The molecule has 0 spiro atoms. The van der Waals surface area contributed by atoms with Crippen molar-refractivity contribution in [3.05, 3.63) is 0 Å². The smallest absolute Gasteiger partial charge is 0.326 e. The lowest BCUT2D eigenvalue weighted by atomic mass is 10.1. The highest BCUT2D eigenvalue weighted by atomic mass is 32.2. The lowest BCUT2D eigenvalue weighted by molar-refractivity contribution is -0.141. The van der Waals surface area contributed by atoms with E-state index in [2.05, 4.69) is 19.2 Å². The van der Waals surface area contributed by atoms with Gasteiger partial charge in [0.05, 0.1) is 4.58 Å². The molecule has 2 N–H and O–H groups in total. The fraction of sp³-hybridized carbons (Fsp3) is 0.818. The van der Waals surface area contributed by atoms with E-state index in [1.807, 2.05) is 23.5 Å². The Labute approximate surface area is 111 Å². The van der Waals surface area contributed by atoms with Crippen molar-refractivity contribution in [1.82, 2.24) is 5.32 Å². The van der Waals surface area contributed by atoms with E-state index in [1.54, 1.807) is 0 Å². The van der Waals surface area contributed by atoms with Crippen LogP contribution in [-0.4, -0.2) is 39.1 Å². The van der Waals surface area contributed by atoms with Gasteiger partial charge in [0.2, 0.25) is 5.91 Å². The molecule has 0 aromatic rings. The van der Waals surface area contributed by atoms with Gasteiger partial charge in [0.15, 0.2) is 0 Å². The molecule has 0 aromatic carbocycles. The zero-order valence-electron chi connectivity index (χ0n) is 10.6. The van der Waals surface area contributed by atoms with Crippen LogP contribution in [0.3, 0.4) is 0 Å². The minimum absolute atomic E-state index is 0.291. The molecular formula is C11H21NO3S2. The molecule has 0 fully saturated rings. The van der Waals surface area contributed by atoms with E-state index >= 15 is 0 Å². The van der Waals surface area contributed by atoms with Crippen molar-refractivity contribution in [3.63, 3.8) is 0 Å². The maximum absolute atomic E-state index is 10.9. The molecular weight excluding hydrogens is 258 g/mol. The van der Waals surface area contributed by atoms with E-state index in [0.717, 1.165) is 17.9 Å². The normalized spacial score (nSPS) is 12.5. The molecule has 1 atom stereocenters. The van der Waals surface area contributed by atoms with E-state index in [-0.39, 0.29) is 5.91 Å². The number of rotatable bonds is 9. The molecule has 17 heavy (non-hydrogen) atoms. The monoisotopic (exact) mass is 279 g/mol. The first-order valence-electron chi connectivity index (χ1n) is 5.74. The first-order chi connectivity index (χ1) is 8.01. The molecule has 100 valence electrons. The number of hydrogen-bond donors (Lipinski definition) is 2. The van der Waals surface area contributed by atoms with Gasteiger partial charge in [-0.25, -0.2) is 4.79 Å². The molecule has 0 radical (unpaired) electrons. The zero-order valence-corrected chi connectivity index (χ0v) is 12.2. The summed E-state index contributed by atoms with van der Waals surface area (Å²) in [6, 6.07) is -0.759. The Morgan fingerprint density at radius 3 is 2.06 bits per heavy atom. The average molecular weight is 279 g/mol. The third kappa shape index (κ3) is 8.37. The number of hydrogen-bond acceptors (Lipinski definition) is 4. The Morgan fingerprint density at radius 2 is 1.71 bits per heavy atom. The van der Waals surface area contributed by atoms with Crippen molar-refractivity contribution in [3.8, 4) is 0 Å². The molecule has 0 rings (SSSR count). The van der Waals surface area contributed by atoms with Gasteiger partial charge in [-0.1, -0.05) is 13.8 Å². The highest BCUT2D eigenvalue weighted by Crippen LogP contribution is 2.28. The number of carboxylic acid groups (broad SMARTS) is 1. The number of amides is 1. The molecule has 0 saturated carbocycles. The van der Waals surface area contributed by atoms with Crippen LogP contribution in [0.5, 0.6) is 0 Å². The Bertz CT molecular complexity index is 243. The summed E-state index contributed by atoms with van der Waals surface area (Å²) in [5.41, 5.74) is 0. The molecule has 0 aliphatic rings. The van der Waals surface area contributed by atoms with Crippen LogP contribution in [0.1, 0.15) is 33.6 Å². The fourth-order valence-corrected chi connectivity index (χ4v) is 3.94. The van der Waals surface area contributed by atoms with Crippen molar-refractivity contribution >= 4 is 35.4 Å². The molecule has 1 amide bonds. The molecule has 0 saturated heterocycles. The summed E-state index contributed by atoms with van der Waals surface area (Å²) in [6.07, 6.45) is 1.29. The summed E-state index contributed by atoms with van der Waals surface area (Å²) in [5, 5.41) is 11.4. The second kappa shape index (κ2) is 9.65. The molecule has 4 nitrogen and oxygen atoms in total. The Morgan fingerprint density at radius 1 is 1.18 bits per heavy atom. The van der Waals surface area contributed by atoms with Gasteiger partial charge in [-0.3, -0.25) is 4.79 Å². The van der Waals surface area contributed by atoms with Crippen LogP contribution in [-0.2, 0) is 9.59 Å². The third-order valence-corrected chi connectivity index (χ3v) is 4.77. The molecule has 6 heteroatoms. The lowest BCUT2D eigenvalue weighted by Crippen LogP contribution is -2.39. The van der Waals surface area contributed by atoms with Crippen LogP contribution < -0.4 is 5.32 Å². The molecule has 0 aromatic heterocycles. The Balaban J connectivity index is 4.15. The van der Waals surface area contributed by atoms with E-state index in [0.29, 0.717) is 11.0 Å². The maximum Gasteiger partial charge on any atom is 0.326 e. The number of aliphatic carboxylic acids is 1. The number of thioether (sulfide) groups is 2. The molecule has 0 aliphatic carbocycles. The topological polar surface area (TPSA) is 66.4 Å². The molecule has 1 unspecified atom stereocenters. The number of carboxylic acids is 1. The zero-order chi connectivity index (χ0) is 13.3. The minimum Gasteiger partial charge on any atom is -0.480 e. The Kier molecular flexibility index (Phi) is 9.44. The molecule has 0 aliphatic heterocycles. The number of carbonyl (C=O) groups is 2. The minimum atomic E-state index is -0.957. The average Bonchev–Trinajstić information content (AvgIpc) is 2.23. The molecule has 0 heterocycles. The predicted octanol–water partition coefficient (Wildman–Crippen LogP) is 2.19. The quantitative estimate of drug-likeness (QED) is 0.633. The summed E-state index contributed by atoms with van der Waals surface area (Å²) in [6.45, 7) is 5.53. The second-order valence-corrected chi connectivity index (χ2v) is 6.77. The van der Waals surface area contributed by atoms with E-state index in [1.165, 1.54) is 6.92 Å². The van der Waals surface area contributed by atoms with Gasteiger partial charge in [0.25, 0.3) is 0 Å². The SMILES string of the molecule is CCSC(CCC(NC(C)=O)C(=O)O)SCC. The summed E-state index contributed by atoms with van der Waals surface area (Å²) in [7, 11) is 0. The standard InChI is InChI=1S/C11H21NO3S2/c1-4-16-10(17-5-2)7-6-9(11(14)15)12-8(3)13/h9-10H,4-7H2,1-3H3,(H,12,13)(H,14,15). The summed E-state index contributed by atoms with van der Waals surface area (Å²) in [4.78, 5) is 21.8. The van der Waals surface area contributed by atoms with Crippen molar-refractivity contribution in [2.24, 2.45) is 0 Å². The van der Waals surface area contributed by atoms with Crippen LogP contribution in [0.4, 0.5) is 0 Å². The van der Waals surface area contributed by atoms with Crippen molar-refractivity contribution in [1.29, 1.82) is 0 Å². The summed E-state index contributed by atoms with van der Waals surface area (Å²) < 4.78 is 0.417.